The van der Waals surface area contributed by atoms with E-state index >= 15 is 0 Å². The number of rotatable bonds is 8. The van der Waals surface area contributed by atoms with Crippen LogP contribution in [0.3, 0.4) is 0 Å². The zero-order valence-electron chi connectivity index (χ0n) is 13.5. The van der Waals surface area contributed by atoms with Crippen LogP contribution in [-0.2, 0) is 0 Å². The average molecular weight is 309 g/mol. The smallest absolute Gasteiger partial charge is 0.313 e. The summed E-state index contributed by atoms with van der Waals surface area (Å²) in [7, 11) is 0. The Morgan fingerprint density at radius 3 is 2.10 bits per heavy atom. The van der Waals surface area contributed by atoms with Crippen molar-refractivity contribution >= 4 is 0 Å². The van der Waals surface area contributed by atoms with Crippen LogP contribution in [0.5, 0.6) is 0 Å². The summed E-state index contributed by atoms with van der Waals surface area (Å²) in [5, 5.41) is 3.55. The molecular formula is C15H30F3N3. The summed E-state index contributed by atoms with van der Waals surface area (Å²) in [4.78, 5) is 3.89. The standard InChI is InChI=1S/C15H30F3N3/c1-4-7-13(19-6-3)14(5-2)21-10-8-20(9-11-21)12-15(16,17)18/h13-14,19H,4-12H2,1-3H3. The molecule has 1 N–H and O–H groups in total. The minimum Gasteiger partial charge on any atom is -0.313 e. The minimum absolute atomic E-state index is 0.429. The highest BCUT2D eigenvalue weighted by Gasteiger charge is 2.34. The number of nitrogens with zero attached hydrogens (tertiary/aromatic N) is 2. The first-order chi connectivity index (χ1) is 9.91. The first-order valence-electron chi connectivity index (χ1n) is 8.17. The molecule has 2 atom stereocenters. The molecule has 0 spiro atoms. The Hall–Kier alpha value is -0.330. The Kier molecular flexibility index (Phi) is 7.98. The van der Waals surface area contributed by atoms with Crippen molar-refractivity contribution in [2.45, 2.75) is 58.3 Å². The van der Waals surface area contributed by atoms with Gasteiger partial charge in [-0.3, -0.25) is 9.80 Å². The fourth-order valence-electron chi connectivity index (χ4n) is 3.31. The molecule has 1 fully saturated rings. The summed E-state index contributed by atoms with van der Waals surface area (Å²) in [5.74, 6) is 0. The predicted octanol–water partition coefficient (Wildman–Crippen LogP) is 2.72. The Labute approximate surface area is 126 Å². The van der Waals surface area contributed by atoms with Crippen molar-refractivity contribution in [3.8, 4) is 0 Å². The van der Waals surface area contributed by atoms with Gasteiger partial charge < -0.3 is 5.32 Å². The zero-order valence-corrected chi connectivity index (χ0v) is 13.5. The van der Waals surface area contributed by atoms with E-state index in [2.05, 4.69) is 31.0 Å². The maximum atomic E-state index is 12.4. The van der Waals surface area contributed by atoms with E-state index in [-0.39, 0.29) is 0 Å². The van der Waals surface area contributed by atoms with E-state index in [1.54, 1.807) is 0 Å². The summed E-state index contributed by atoms with van der Waals surface area (Å²) < 4.78 is 37.3. The molecule has 0 aliphatic carbocycles. The zero-order chi connectivity index (χ0) is 15.9. The van der Waals surface area contributed by atoms with Gasteiger partial charge in [-0.1, -0.05) is 27.2 Å². The van der Waals surface area contributed by atoms with Crippen LogP contribution in [0.25, 0.3) is 0 Å². The van der Waals surface area contributed by atoms with Crippen molar-refractivity contribution < 1.29 is 13.2 Å². The molecule has 0 amide bonds. The fourth-order valence-corrected chi connectivity index (χ4v) is 3.31. The van der Waals surface area contributed by atoms with Gasteiger partial charge in [-0.05, 0) is 19.4 Å². The largest absolute Gasteiger partial charge is 0.401 e. The second-order valence-corrected chi connectivity index (χ2v) is 5.86. The molecule has 2 unspecified atom stereocenters. The summed E-state index contributed by atoms with van der Waals surface area (Å²) in [6.45, 7) is 9.13. The maximum absolute atomic E-state index is 12.4. The van der Waals surface area contributed by atoms with Gasteiger partial charge in [-0.25, -0.2) is 0 Å². The van der Waals surface area contributed by atoms with E-state index < -0.39 is 12.7 Å². The molecule has 0 aromatic heterocycles. The van der Waals surface area contributed by atoms with Crippen LogP contribution in [-0.4, -0.2) is 67.3 Å². The van der Waals surface area contributed by atoms with Crippen LogP contribution in [0, 0.1) is 0 Å². The topological polar surface area (TPSA) is 18.5 Å². The lowest BCUT2D eigenvalue weighted by molar-refractivity contribution is -0.150. The molecule has 0 aromatic carbocycles. The van der Waals surface area contributed by atoms with Crippen molar-refractivity contribution in [2.75, 3.05) is 39.3 Å². The van der Waals surface area contributed by atoms with Crippen LogP contribution in [0.2, 0.25) is 0 Å². The molecule has 21 heavy (non-hydrogen) atoms. The summed E-state index contributed by atoms with van der Waals surface area (Å²) in [6.07, 6.45) is -0.797. The minimum atomic E-state index is -4.08. The maximum Gasteiger partial charge on any atom is 0.401 e. The molecule has 6 heteroatoms. The molecule has 126 valence electrons. The molecule has 1 aliphatic rings. The number of alkyl halides is 3. The number of nitrogens with one attached hydrogen (secondary N) is 1. The number of hydrogen-bond donors (Lipinski definition) is 1. The van der Waals surface area contributed by atoms with E-state index in [1.807, 2.05) is 0 Å². The van der Waals surface area contributed by atoms with Crippen LogP contribution >= 0.6 is 0 Å². The molecular weight excluding hydrogens is 279 g/mol. The molecule has 0 bridgehead atoms. The van der Waals surface area contributed by atoms with Crippen molar-refractivity contribution in [3.63, 3.8) is 0 Å². The molecule has 0 aromatic rings. The van der Waals surface area contributed by atoms with Gasteiger partial charge in [0.05, 0.1) is 6.54 Å². The molecule has 1 aliphatic heterocycles. The van der Waals surface area contributed by atoms with Gasteiger partial charge in [0.25, 0.3) is 0 Å². The lowest BCUT2D eigenvalue weighted by Gasteiger charge is -2.42. The normalized spacial score (nSPS) is 21.4. The Morgan fingerprint density at radius 1 is 1.05 bits per heavy atom. The first kappa shape index (κ1) is 18.7. The third-order valence-corrected chi connectivity index (χ3v) is 4.23. The van der Waals surface area contributed by atoms with Gasteiger partial charge in [0.1, 0.15) is 0 Å². The van der Waals surface area contributed by atoms with Gasteiger partial charge in [0.15, 0.2) is 0 Å². The van der Waals surface area contributed by atoms with Gasteiger partial charge >= 0.3 is 6.18 Å². The van der Waals surface area contributed by atoms with Gasteiger partial charge in [0, 0.05) is 38.3 Å². The molecule has 3 nitrogen and oxygen atoms in total. The van der Waals surface area contributed by atoms with E-state index in [4.69, 9.17) is 0 Å². The van der Waals surface area contributed by atoms with Crippen molar-refractivity contribution in [1.29, 1.82) is 0 Å². The third kappa shape index (κ3) is 6.53. The highest BCUT2D eigenvalue weighted by molar-refractivity contribution is 4.86. The van der Waals surface area contributed by atoms with Crippen LogP contribution < -0.4 is 5.32 Å². The average Bonchev–Trinajstić information content (AvgIpc) is 2.40. The van der Waals surface area contributed by atoms with E-state index in [0.29, 0.717) is 25.2 Å². The molecule has 1 heterocycles. The van der Waals surface area contributed by atoms with Gasteiger partial charge in [-0.2, -0.15) is 13.2 Å². The lowest BCUT2D eigenvalue weighted by atomic mass is 9.98. The van der Waals surface area contributed by atoms with Crippen LogP contribution in [0.15, 0.2) is 0 Å². The number of piperazine rings is 1. The van der Waals surface area contributed by atoms with Crippen LogP contribution in [0.4, 0.5) is 13.2 Å². The molecule has 0 saturated carbocycles. The van der Waals surface area contributed by atoms with Gasteiger partial charge in [-0.15, -0.1) is 0 Å². The Morgan fingerprint density at radius 2 is 1.67 bits per heavy atom. The summed E-state index contributed by atoms with van der Waals surface area (Å²) in [5.41, 5.74) is 0. The Balaban J connectivity index is 2.52. The highest BCUT2D eigenvalue weighted by Crippen LogP contribution is 2.20. The van der Waals surface area contributed by atoms with Crippen molar-refractivity contribution in [1.82, 2.24) is 15.1 Å². The Bertz CT molecular complexity index is 270. The predicted molar refractivity (Wildman–Crippen MR) is 80.5 cm³/mol. The summed E-state index contributed by atoms with van der Waals surface area (Å²) >= 11 is 0. The summed E-state index contributed by atoms with van der Waals surface area (Å²) in [6, 6.07) is 0.872. The molecule has 1 rings (SSSR count). The second kappa shape index (κ2) is 8.96. The van der Waals surface area contributed by atoms with E-state index in [9.17, 15) is 13.2 Å². The molecule has 1 saturated heterocycles. The number of hydrogen-bond acceptors (Lipinski definition) is 3. The highest BCUT2D eigenvalue weighted by atomic mass is 19.4. The SMILES string of the molecule is CCCC(NCC)C(CC)N1CCN(CC(F)(F)F)CC1. The lowest BCUT2D eigenvalue weighted by Crippen LogP contribution is -2.57. The number of halogens is 3. The second-order valence-electron chi connectivity index (χ2n) is 5.86. The quantitative estimate of drug-likeness (QED) is 0.744. The third-order valence-electron chi connectivity index (χ3n) is 4.23. The monoisotopic (exact) mass is 309 g/mol. The van der Waals surface area contributed by atoms with Crippen LogP contribution in [0.1, 0.15) is 40.0 Å². The van der Waals surface area contributed by atoms with Crippen molar-refractivity contribution in [3.05, 3.63) is 0 Å². The number of likely N-dealkylation sites (N-methyl/N-ethyl adjacent to an activating group) is 1. The first-order valence-corrected chi connectivity index (χ1v) is 8.17. The van der Waals surface area contributed by atoms with Gasteiger partial charge in [0.2, 0.25) is 0 Å². The molecule has 0 radical (unpaired) electrons. The van der Waals surface area contributed by atoms with E-state index in [0.717, 1.165) is 38.9 Å². The van der Waals surface area contributed by atoms with Crippen molar-refractivity contribution in [2.24, 2.45) is 0 Å². The van der Waals surface area contributed by atoms with E-state index in [1.165, 1.54) is 4.90 Å². The fraction of sp³-hybridized carbons (Fsp3) is 1.00.